The molecule has 1 aromatic heterocycles. The first kappa shape index (κ1) is 18.9. The van der Waals surface area contributed by atoms with Crippen LogP contribution in [0.5, 0.6) is 0 Å². The van der Waals surface area contributed by atoms with E-state index < -0.39 is 0 Å². The third kappa shape index (κ3) is 4.34. The summed E-state index contributed by atoms with van der Waals surface area (Å²) in [5.74, 6) is 1.55. The molecule has 1 fully saturated rings. The molecule has 0 saturated heterocycles. The zero-order valence-electron chi connectivity index (χ0n) is 16.0. The van der Waals surface area contributed by atoms with E-state index in [1.165, 1.54) is 18.4 Å². The molecule has 1 aliphatic rings. The summed E-state index contributed by atoms with van der Waals surface area (Å²) in [5, 5.41) is 5.39. The zero-order valence-corrected chi connectivity index (χ0v) is 16.8. The third-order valence-corrected chi connectivity index (χ3v) is 5.56. The molecule has 4 nitrogen and oxygen atoms in total. The van der Waals surface area contributed by atoms with E-state index in [1.54, 1.807) is 0 Å². The molecule has 1 saturated carbocycles. The van der Waals surface area contributed by atoms with Gasteiger partial charge in [-0.1, -0.05) is 54.3 Å². The summed E-state index contributed by atoms with van der Waals surface area (Å²) >= 11 is 5.96. The standard InChI is InChI=1S/C23H25ClN4/c1-15-6-12-20-18(14-15)23(27-21-5-3-2-4-19(21)25)28-22(26-20)13-9-16-7-10-17(24)11-8-16/h6-14,19,21H,2-5,25H2,1H3,(H,26,27,28)/t19-,21+/m1/s1. The van der Waals surface area contributed by atoms with Crippen molar-refractivity contribution in [3.8, 4) is 0 Å². The van der Waals surface area contributed by atoms with Crippen LogP contribution in [-0.2, 0) is 0 Å². The van der Waals surface area contributed by atoms with Gasteiger partial charge in [0.15, 0.2) is 5.82 Å². The fourth-order valence-corrected chi connectivity index (χ4v) is 3.83. The Labute approximate surface area is 170 Å². The van der Waals surface area contributed by atoms with Crippen molar-refractivity contribution in [2.24, 2.45) is 5.73 Å². The Hall–Kier alpha value is -2.43. The van der Waals surface area contributed by atoms with Gasteiger partial charge in [0.25, 0.3) is 0 Å². The van der Waals surface area contributed by atoms with E-state index in [4.69, 9.17) is 27.3 Å². The van der Waals surface area contributed by atoms with Gasteiger partial charge in [0, 0.05) is 22.5 Å². The number of aromatic nitrogens is 2. The van der Waals surface area contributed by atoms with E-state index in [0.29, 0.717) is 5.82 Å². The number of nitrogens with zero attached hydrogens (tertiary/aromatic N) is 2. The molecule has 144 valence electrons. The number of fused-ring (bicyclic) bond motifs is 1. The highest BCUT2D eigenvalue weighted by Gasteiger charge is 2.22. The topological polar surface area (TPSA) is 63.8 Å². The van der Waals surface area contributed by atoms with Crippen LogP contribution in [-0.4, -0.2) is 22.1 Å². The van der Waals surface area contributed by atoms with Crippen LogP contribution in [0.4, 0.5) is 5.82 Å². The van der Waals surface area contributed by atoms with Crippen LogP contribution >= 0.6 is 11.6 Å². The maximum Gasteiger partial charge on any atom is 0.154 e. The number of benzene rings is 2. The minimum Gasteiger partial charge on any atom is -0.365 e. The number of halogens is 1. The van der Waals surface area contributed by atoms with Crippen molar-refractivity contribution in [3.05, 3.63) is 64.4 Å². The largest absolute Gasteiger partial charge is 0.365 e. The van der Waals surface area contributed by atoms with E-state index >= 15 is 0 Å². The first-order valence-electron chi connectivity index (χ1n) is 9.83. The molecule has 0 amide bonds. The van der Waals surface area contributed by atoms with Crippen LogP contribution < -0.4 is 11.1 Å². The summed E-state index contributed by atoms with van der Waals surface area (Å²) in [5.41, 5.74) is 9.54. The van der Waals surface area contributed by atoms with Crippen molar-refractivity contribution in [2.75, 3.05) is 5.32 Å². The lowest BCUT2D eigenvalue weighted by molar-refractivity contribution is 0.403. The van der Waals surface area contributed by atoms with Crippen molar-refractivity contribution in [1.82, 2.24) is 9.97 Å². The van der Waals surface area contributed by atoms with Crippen molar-refractivity contribution < 1.29 is 0 Å². The van der Waals surface area contributed by atoms with Crippen molar-refractivity contribution in [3.63, 3.8) is 0 Å². The van der Waals surface area contributed by atoms with Crippen LogP contribution in [0.3, 0.4) is 0 Å². The average molecular weight is 393 g/mol. The smallest absolute Gasteiger partial charge is 0.154 e. The average Bonchev–Trinajstić information content (AvgIpc) is 2.70. The summed E-state index contributed by atoms with van der Waals surface area (Å²) in [6.07, 6.45) is 8.49. The number of hydrogen-bond acceptors (Lipinski definition) is 4. The molecule has 0 aliphatic heterocycles. The van der Waals surface area contributed by atoms with Gasteiger partial charge < -0.3 is 11.1 Å². The van der Waals surface area contributed by atoms with Crippen LogP contribution in [0.15, 0.2) is 42.5 Å². The van der Waals surface area contributed by atoms with E-state index in [2.05, 4.69) is 30.4 Å². The molecule has 3 aromatic rings. The van der Waals surface area contributed by atoms with Gasteiger partial charge in [0.05, 0.1) is 5.52 Å². The van der Waals surface area contributed by atoms with E-state index in [0.717, 1.165) is 40.1 Å². The minimum absolute atomic E-state index is 0.164. The summed E-state index contributed by atoms with van der Waals surface area (Å²) in [6.45, 7) is 2.09. The number of aryl methyl sites for hydroxylation is 1. The first-order chi connectivity index (χ1) is 13.6. The number of rotatable bonds is 4. The second-order valence-electron chi connectivity index (χ2n) is 7.54. The lowest BCUT2D eigenvalue weighted by Crippen LogP contribution is -2.42. The van der Waals surface area contributed by atoms with E-state index in [9.17, 15) is 0 Å². The molecule has 0 bridgehead atoms. The molecular formula is C23H25ClN4. The molecule has 2 atom stereocenters. The molecule has 3 N–H and O–H groups in total. The molecule has 4 rings (SSSR count). The highest BCUT2D eigenvalue weighted by molar-refractivity contribution is 6.30. The third-order valence-electron chi connectivity index (χ3n) is 5.30. The molecule has 1 heterocycles. The quantitative estimate of drug-likeness (QED) is 0.620. The van der Waals surface area contributed by atoms with Crippen molar-refractivity contribution in [2.45, 2.75) is 44.7 Å². The summed E-state index contributed by atoms with van der Waals surface area (Å²) < 4.78 is 0. The van der Waals surface area contributed by atoms with Gasteiger partial charge >= 0.3 is 0 Å². The van der Waals surface area contributed by atoms with Gasteiger partial charge in [-0.2, -0.15) is 0 Å². The summed E-state index contributed by atoms with van der Waals surface area (Å²) in [4.78, 5) is 9.54. The molecule has 1 aliphatic carbocycles. The molecule has 0 spiro atoms. The van der Waals surface area contributed by atoms with Gasteiger partial charge in [-0.05, 0) is 55.7 Å². The van der Waals surface area contributed by atoms with Crippen LogP contribution in [0.25, 0.3) is 23.1 Å². The minimum atomic E-state index is 0.164. The summed E-state index contributed by atoms with van der Waals surface area (Å²) in [6, 6.07) is 14.4. The van der Waals surface area contributed by atoms with Gasteiger partial charge in [-0.25, -0.2) is 9.97 Å². The second-order valence-corrected chi connectivity index (χ2v) is 7.97. The number of nitrogens with one attached hydrogen (secondary N) is 1. The Bertz CT molecular complexity index is 997. The number of nitrogens with two attached hydrogens (primary N) is 1. The Kier molecular flexibility index (Phi) is 5.60. The Balaban J connectivity index is 1.69. The fourth-order valence-electron chi connectivity index (χ4n) is 3.70. The molecule has 0 unspecified atom stereocenters. The lowest BCUT2D eigenvalue weighted by atomic mass is 9.91. The predicted molar refractivity (Wildman–Crippen MR) is 119 cm³/mol. The molecule has 2 aromatic carbocycles. The molecule has 28 heavy (non-hydrogen) atoms. The predicted octanol–water partition coefficient (Wildman–Crippen LogP) is 5.44. The Morgan fingerprint density at radius 2 is 1.82 bits per heavy atom. The van der Waals surface area contributed by atoms with Gasteiger partial charge in [-0.3, -0.25) is 0 Å². The van der Waals surface area contributed by atoms with Crippen LogP contribution in [0.1, 0.15) is 42.6 Å². The molecular weight excluding hydrogens is 368 g/mol. The van der Waals surface area contributed by atoms with Crippen LogP contribution in [0.2, 0.25) is 5.02 Å². The highest BCUT2D eigenvalue weighted by atomic mass is 35.5. The molecule has 0 radical (unpaired) electrons. The maximum atomic E-state index is 6.36. The van der Waals surface area contributed by atoms with Crippen molar-refractivity contribution in [1.29, 1.82) is 0 Å². The number of hydrogen-bond donors (Lipinski definition) is 2. The Morgan fingerprint density at radius 1 is 1.04 bits per heavy atom. The SMILES string of the molecule is Cc1ccc2nc(C=Cc3ccc(Cl)cc3)nc(N[C@H]3CCCC[C@H]3N)c2c1. The van der Waals surface area contributed by atoms with Crippen LogP contribution in [0, 0.1) is 6.92 Å². The maximum absolute atomic E-state index is 6.36. The van der Waals surface area contributed by atoms with E-state index in [1.807, 2.05) is 36.4 Å². The zero-order chi connectivity index (χ0) is 19.5. The fraction of sp³-hybridized carbons (Fsp3) is 0.304. The number of anilines is 1. The van der Waals surface area contributed by atoms with Crippen molar-refractivity contribution >= 4 is 40.5 Å². The lowest BCUT2D eigenvalue weighted by Gasteiger charge is -2.30. The highest BCUT2D eigenvalue weighted by Crippen LogP contribution is 2.26. The Morgan fingerprint density at radius 3 is 2.61 bits per heavy atom. The second kappa shape index (κ2) is 8.29. The molecule has 5 heteroatoms. The first-order valence-corrected chi connectivity index (χ1v) is 10.2. The van der Waals surface area contributed by atoms with Gasteiger partial charge in [0.1, 0.15) is 5.82 Å². The normalized spacial score (nSPS) is 20.0. The monoisotopic (exact) mass is 392 g/mol. The van der Waals surface area contributed by atoms with E-state index in [-0.39, 0.29) is 12.1 Å². The van der Waals surface area contributed by atoms with Gasteiger partial charge in [0.2, 0.25) is 0 Å². The van der Waals surface area contributed by atoms with Gasteiger partial charge in [-0.15, -0.1) is 0 Å². The summed E-state index contributed by atoms with van der Waals surface area (Å²) in [7, 11) is 0.